The lowest BCUT2D eigenvalue weighted by Crippen LogP contribution is -2.35. The maximum atomic E-state index is 11.7. The molecule has 1 fully saturated rings. The van der Waals surface area contributed by atoms with Crippen molar-refractivity contribution < 1.29 is 23.6 Å². The van der Waals surface area contributed by atoms with Crippen LogP contribution in [0, 0.1) is 11.8 Å². The van der Waals surface area contributed by atoms with Crippen LogP contribution >= 0.6 is 0 Å². The second-order valence-electron chi connectivity index (χ2n) is 4.58. The maximum absolute atomic E-state index is 11.7. The summed E-state index contributed by atoms with van der Waals surface area (Å²) in [6.45, 7) is 1.93. The number of carbonyl (C=O) groups is 2. The number of ether oxygens (including phenoxy) is 1. The Bertz CT molecular complexity index is 433. The van der Waals surface area contributed by atoms with Crippen molar-refractivity contribution >= 4 is 19.1 Å². The van der Waals surface area contributed by atoms with Crippen molar-refractivity contribution in [3.8, 4) is 0 Å². The summed E-state index contributed by atoms with van der Waals surface area (Å²) in [7, 11) is -0.531. The number of esters is 2. The largest absolute Gasteiger partial charge is 0.602 e. The van der Waals surface area contributed by atoms with E-state index in [1.807, 2.05) is 13.0 Å². The minimum atomic E-state index is -0.531. The molecule has 0 saturated carbocycles. The number of cyclic esters (lactones) is 2. The molecule has 0 aromatic carbocycles. The van der Waals surface area contributed by atoms with Crippen LogP contribution in [0.2, 0.25) is 5.82 Å². The Hall–Kier alpha value is -1.72. The highest BCUT2D eigenvalue weighted by Crippen LogP contribution is 2.45. The van der Waals surface area contributed by atoms with Gasteiger partial charge in [-0.1, -0.05) is 11.6 Å². The molecule has 0 radical (unpaired) electrons. The summed E-state index contributed by atoms with van der Waals surface area (Å²) >= 11 is 0. The third-order valence-electron chi connectivity index (χ3n) is 3.44. The molecule has 0 unspecified atom stereocenters. The van der Waals surface area contributed by atoms with Crippen molar-refractivity contribution in [3.05, 3.63) is 24.2 Å². The van der Waals surface area contributed by atoms with E-state index >= 15 is 0 Å². The van der Waals surface area contributed by atoms with E-state index in [1.54, 1.807) is 0 Å². The standard InChI is InChI=1S/C11H11BO5/c1-6-4-7-9(11(14)17-10(7)13)8(5-6)12-15-2-3-16-12/h2-3,5,7-9H,4H2,1H3/t7-,8+,9-/m0/s1. The molecule has 5 nitrogen and oxygen atoms in total. The number of allylic oxidation sites excluding steroid dienone is 2. The molecule has 1 saturated heterocycles. The van der Waals surface area contributed by atoms with Crippen LogP contribution in [0.4, 0.5) is 0 Å². The third-order valence-corrected chi connectivity index (χ3v) is 3.44. The van der Waals surface area contributed by atoms with Crippen molar-refractivity contribution in [2.45, 2.75) is 19.2 Å². The lowest BCUT2D eigenvalue weighted by Gasteiger charge is -2.27. The van der Waals surface area contributed by atoms with E-state index in [1.165, 1.54) is 12.5 Å². The molecule has 2 heterocycles. The van der Waals surface area contributed by atoms with Gasteiger partial charge in [0.15, 0.2) is 0 Å². The normalized spacial score (nSPS) is 35.0. The molecule has 1 aliphatic carbocycles. The van der Waals surface area contributed by atoms with Crippen LogP contribution in [-0.2, 0) is 23.6 Å². The predicted octanol–water partition coefficient (Wildman–Crippen LogP) is 1.03. The molecule has 0 amide bonds. The smallest absolute Gasteiger partial charge is 0.529 e. The lowest BCUT2D eigenvalue weighted by atomic mass is 9.58. The zero-order valence-electron chi connectivity index (χ0n) is 9.29. The van der Waals surface area contributed by atoms with Gasteiger partial charge in [0.2, 0.25) is 0 Å². The summed E-state index contributed by atoms with van der Waals surface area (Å²) in [4.78, 5) is 23.2. The van der Waals surface area contributed by atoms with E-state index < -0.39 is 25.0 Å². The third kappa shape index (κ3) is 1.55. The Morgan fingerprint density at radius 1 is 1.24 bits per heavy atom. The fourth-order valence-electron chi connectivity index (χ4n) is 2.72. The second-order valence-corrected chi connectivity index (χ2v) is 4.58. The first kappa shape index (κ1) is 10.4. The molecule has 0 bridgehead atoms. The van der Waals surface area contributed by atoms with Crippen LogP contribution < -0.4 is 0 Å². The van der Waals surface area contributed by atoms with Gasteiger partial charge >= 0.3 is 19.1 Å². The number of carbonyl (C=O) groups excluding carboxylic acids is 2. The average Bonchev–Trinajstić information content (AvgIpc) is 2.88. The molecule has 0 aromatic rings. The zero-order valence-corrected chi connectivity index (χ0v) is 9.29. The highest BCUT2D eigenvalue weighted by atomic mass is 16.6. The summed E-state index contributed by atoms with van der Waals surface area (Å²) < 4.78 is 15.2. The van der Waals surface area contributed by atoms with Gasteiger partial charge in [-0.25, -0.2) is 0 Å². The first-order chi connectivity index (χ1) is 8.16. The number of fused-ring (bicyclic) bond motifs is 1. The zero-order chi connectivity index (χ0) is 12.0. The molecular weight excluding hydrogens is 223 g/mol. The van der Waals surface area contributed by atoms with Gasteiger partial charge in [0, 0.05) is 0 Å². The van der Waals surface area contributed by atoms with Crippen molar-refractivity contribution in [2.24, 2.45) is 11.8 Å². The Morgan fingerprint density at radius 2 is 1.94 bits per heavy atom. The fraction of sp³-hybridized carbons (Fsp3) is 0.455. The fourth-order valence-corrected chi connectivity index (χ4v) is 2.72. The molecule has 0 spiro atoms. The molecule has 3 aliphatic rings. The maximum Gasteiger partial charge on any atom is 0.602 e. The van der Waals surface area contributed by atoms with Gasteiger partial charge in [0.1, 0.15) is 0 Å². The highest BCUT2D eigenvalue weighted by Gasteiger charge is 2.55. The van der Waals surface area contributed by atoms with Gasteiger partial charge in [-0.2, -0.15) is 0 Å². The van der Waals surface area contributed by atoms with Gasteiger partial charge in [0.05, 0.1) is 30.2 Å². The molecular formula is C11H11BO5. The minimum Gasteiger partial charge on any atom is -0.529 e. The van der Waals surface area contributed by atoms with Gasteiger partial charge in [-0.3, -0.25) is 9.59 Å². The highest BCUT2D eigenvalue weighted by molar-refractivity contribution is 6.49. The van der Waals surface area contributed by atoms with E-state index in [0.717, 1.165) is 5.57 Å². The Balaban J connectivity index is 1.92. The summed E-state index contributed by atoms with van der Waals surface area (Å²) in [5, 5.41) is 0. The molecule has 88 valence electrons. The van der Waals surface area contributed by atoms with Crippen LogP contribution in [0.25, 0.3) is 0 Å². The summed E-state index contributed by atoms with van der Waals surface area (Å²) in [6.07, 6.45) is 5.41. The van der Waals surface area contributed by atoms with E-state index in [9.17, 15) is 9.59 Å². The summed E-state index contributed by atoms with van der Waals surface area (Å²) in [6, 6.07) is 0. The minimum absolute atomic E-state index is 0.261. The second kappa shape index (κ2) is 3.65. The summed E-state index contributed by atoms with van der Waals surface area (Å²) in [5.41, 5.74) is 1.06. The molecule has 3 rings (SSSR count). The van der Waals surface area contributed by atoms with E-state index in [2.05, 4.69) is 0 Å². The first-order valence-corrected chi connectivity index (χ1v) is 5.55. The first-order valence-electron chi connectivity index (χ1n) is 5.55. The van der Waals surface area contributed by atoms with Gasteiger partial charge in [-0.15, -0.1) is 0 Å². The topological polar surface area (TPSA) is 61.8 Å². The van der Waals surface area contributed by atoms with Crippen LogP contribution in [-0.4, -0.2) is 19.1 Å². The van der Waals surface area contributed by atoms with Crippen LogP contribution in [0.3, 0.4) is 0 Å². The quantitative estimate of drug-likeness (QED) is 0.293. The molecule has 2 aliphatic heterocycles. The Labute approximate surface area is 98.5 Å². The molecule has 0 N–H and O–H groups in total. The Kier molecular flexibility index (Phi) is 2.24. The predicted molar refractivity (Wildman–Crippen MR) is 57.3 cm³/mol. The summed E-state index contributed by atoms with van der Waals surface area (Å²) in [5.74, 6) is -2.01. The molecule has 0 aromatic heterocycles. The van der Waals surface area contributed by atoms with Crippen LogP contribution in [0.15, 0.2) is 24.2 Å². The van der Waals surface area contributed by atoms with Crippen LogP contribution in [0.1, 0.15) is 13.3 Å². The number of rotatable bonds is 1. The monoisotopic (exact) mass is 234 g/mol. The van der Waals surface area contributed by atoms with Gasteiger partial charge in [0.25, 0.3) is 0 Å². The van der Waals surface area contributed by atoms with E-state index in [-0.39, 0.29) is 11.7 Å². The van der Waals surface area contributed by atoms with E-state index in [0.29, 0.717) is 6.42 Å². The molecule has 3 atom stereocenters. The van der Waals surface area contributed by atoms with Gasteiger partial charge in [-0.05, 0) is 13.3 Å². The molecule has 17 heavy (non-hydrogen) atoms. The van der Waals surface area contributed by atoms with Crippen molar-refractivity contribution in [1.82, 2.24) is 0 Å². The van der Waals surface area contributed by atoms with Crippen molar-refractivity contribution in [3.63, 3.8) is 0 Å². The van der Waals surface area contributed by atoms with Gasteiger partial charge < -0.3 is 14.0 Å². The lowest BCUT2D eigenvalue weighted by molar-refractivity contribution is -0.153. The van der Waals surface area contributed by atoms with Crippen LogP contribution in [0.5, 0.6) is 0 Å². The van der Waals surface area contributed by atoms with E-state index in [4.69, 9.17) is 14.0 Å². The number of hydrogen-bond acceptors (Lipinski definition) is 5. The average molecular weight is 234 g/mol. The molecule has 6 heteroatoms. The SMILES string of the molecule is CC1=C[C@@H](B2OC=CO2)[C@H]2C(=O)OC(=O)[C@H]2C1. The van der Waals surface area contributed by atoms with Crippen molar-refractivity contribution in [2.75, 3.05) is 0 Å². The number of hydrogen-bond donors (Lipinski definition) is 0. The van der Waals surface area contributed by atoms with Crippen molar-refractivity contribution in [1.29, 1.82) is 0 Å². The Morgan fingerprint density at radius 3 is 2.65 bits per heavy atom.